The third-order valence-corrected chi connectivity index (χ3v) is 10.4. The van der Waals surface area contributed by atoms with Crippen molar-refractivity contribution in [1.29, 1.82) is 0 Å². The highest BCUT2D eigenvalue weighted by molar-refractivity contribution is 5.90. The van der Waals surface area contributed by atoms with Gasteiger partial charge in [-0.05, 0) is 72.0 Å². The molecule has 0 heterocycles. The molecule has 4 rings (SSSR count). The number of carbonyl (C=O) groups is 2. The van der Waals surface area contributed by atoms with E-state index in [2.05, 4.69) is 34.6 Å². The van der Waals surface area contributed by atoms with Gasteiger partial charge in [0.05, 0.1) is 6.10 Å². The van der Waals surface area contributed by atoms with E-state index in [9.17, 15) is 14.7 Å². The van der Waals surface area contributed by atoms with Crippen LogP contribution < -0.4 is 0 Å². The van der Waals surface area contributed by atoms with Gasteiger partial charge in [-0.25, -0.2) is 0 Å². The number of ketones is 2. The van der Waals surface area contributed by atoms with Crippen LogP contribution in [0.25, 0.3) is 0 Å². The van der Waals surface area contributed by atoms with Gasteiger partial charge in [-0.1, -0.05) is 53.9 Å². The van der Waals surface area contributed by atoms with E-state index in [4.69, 9.17) is 0 Å². The molecular formula is C27H44O3. The van der Waals surface area contributed by atoms with E-state index in [0.717, 1.165) is 18.8 Å². The van der Waals surface area contributed by atoms with Crippen LogP contribution in [0.15, 0.2) is 0 Å². The number of carbonyl (C=O) groups excluding carboxylic acids is 2. The van der Waals surface area contributed by atoms with Gasteiger partial charge in [0.15, 0.2) is 0 Å². The molecule has 0 aliphatic heterocycles. The average molecular weight is 417 g/mol. The van der Waals surface area contributed by atoms with Crippen LogP contribution in [0.5, 0.6) is 0 Å². The number of Topliss-reactive ketones (excluding diaryl/α,β-unsaturated/α-hetero) is 2. The molecular weight excluding hydrogens is 372 g/mol. The fourth-order valence-electron chi connectivity index (χ4n) is 8.95. The van der Waals surface area contributed by atoms with Crippen LogP contribution in [0, 0.1) is 52.3 Å². The Labute approximate surface area is 183 Å². The Morgan fingerprint density at radius 1 is 1.00 bits per heavy atom. The van der Waals surface area contributed by atoms with Crippen LogP contribution in [0.3, 0.4) is 0 Å². The van der Waals surface area contributed by atoms with Crippen LogP contribution in [0.1, 0.15) is 98.8 Å². The lowest BCUT2D eigenvalue weighted by molar-refractivity contribution is -0.159. The van der Waals surface area contributed by atoms with Gasteiger partial charge >= 0.3 is 0 Å². The van der Waals surface area contributed by atoms with Crippen molar-refractivity contribution in [3.63, 3.8) is 0 Å². The van der Waals surface area contributed by atoms with Crippen molar-refractivity contribution in [1.82, 2.24) is 0 Å². The molecule has 4 aliphatic rings. The summed E-state index contributed by atoms with van der Waals surface area (Å²) < 4.78 is 0. The van der Waals surface area contributed by atoms with Gasteiger partial charge in [-0.2, -0.15) is 0 Å². The van der Waals surface area contributed by atoms with Crippen LogP contribution in [-0.2, 0) is 9.59 Å². The van der Waals surface area contributed by atoms with E-state index in [1.807, 2.05) is 0 Å². The van der Waals surface area contributed by atoms with Crippen LogP contribution in [0.4, 0.5) is 0 Å². The van der Waals surface area contributed by atoms with Crippen LogP contribution in [-0.4, -0.2) is 22.8 Å². The Bertz CT molecular complexity index is 684. The molecule has 0 amide bonds. The summed E-state index contributed by atoms with van der Waals surface area (Å²) in [6.07, 6.45) is 9.42. The molecule has 4 aliphatic carbocycles. The predicted octanol–water partition coefficient (Wildman–Crippen LogP) is 5.83. The SMILES string of the molecule is CC(C)CCC[C@@H](C)[C@H]1[C@@H](O)C[C@H]2[C@@H]3CC(=O)[C@H]4CC(=O)CC[C@]4(C)[C@H]3CC[C@]12C. The Morgan fingerprint density at radius 3 is 2.43 bits per heavy atom. The normalized spacial score (nSPS) is 47.0. The molecule has 3 heteroatoms. The molecule has 0 radical (unpaired) electrons. The molecule has 0 aromatic rings. The van der Waals surface area contributed by atoms with Crippen molar-refractivity contribution in [3.8, 4) is 0 Å². The average Bonchev–Trinajstić information content (AvgIpc) is 2.93. The van der Waals surface area contributed by atoms with E-state index in [1.165, 1.54) is 32.1 Å². The van der Waals surface area contributed by atoms with E-state index >= 15 is 0 Å². The lowest BCUT2D eigenvalue weighted by atomic mass is 9.44. The number of rotatable bonds is 5. The molecule has 0 aromatic carbocycles. The third-order valence-electron chi connectivity index (χ3n) is 10.4. The first-order chi connectivity index (χ1) is 14.1. The molecule has 30 heavy (non-hydrogen) atoms. The molecule has 1 N–H and O–H groups in total. The smallest absolute Gasteiger partial charge is 0.137 e. The largest absolute Gasteiger partial charge is 0.393 e. The van der Waals surface area contributed by atoms with Gasteiger partial charge in [-0.15, -0.1) is 0 Å². The molecule has 0 bridgehead atoms. The molecule has 4 saturated carbocycles. The summed E-state index contributed by atoms with van der Waals surface area (Å²) in [5.41, 5.74) is 0.160. The topological polar surface area (TPSA) is 54.4 Å². The monoisotopic (exact) mass is 416 g/mol. The molecule has 170 valence electrons. The minimum atomic E-state index is -0.221. The van der Waals surface area contributed by atoms with Crippen molar-refractivity contribution in [2.24, 2.45) is 52.3 Å². The first-order valence-electron chi connectivity index (χ1n) is 12.8. The second-order valence-corrected chi connectivity index (χ2v) is 12.5. The van der Waals surface area contributed by atoms with E-state index in [-0.39, 0.29) is 28.6 Å². The van der Waals surface area contributed by atoms with E-state index in [0.29, 0.717) is 54.6 Å². The van der Waals surface area contributed by atoms with Gasteiger partial charge in [0.1, 0.15) is 11.6 Å². The Morgan fingerprint density at radius 2 is 1.73 bits per heavy atom. The minimum absolute atomic E-state index is 0.00115. The lowest BCUT2D eigenvalue weighted by Crippen LogP contribution is -2.56. The molecule has 0 aromatic heterocycles. The van der Waals surface area contributed by atoms with E-state index in [1.54, 1.807) is 0 Å². The summed E-state index contributed by atoms with van der Waals surface area (Å²) in [6, 6.07) is 0. The molecule has 0 spiro atoms. The standard InChI is InChI=1S/C27H44O3/c1-16(2)7-6-8-17(3)25-24(30)15-21-19-14-23(29)22-13-18(28)9-11-26(22,4)20(19)10-12-27(21,25)5/h16-17,19-22,24-25,30H,6-15H2,1-5H3/t17-,19-,20+,21+,22-,24+,25+,26-,27+/m1/s1. The van der Waals surface area contributed by atoms with Crippen molar-refractivity contribution < 1.29 is 14.7 Å². The summed E-state index contributed by atoms with van der Waals surface area (Å²) in [5.74, 6) is 3.67. The van der Waals surface area contributed by atoms with Gasteiger partial charge in [-0.3, -0.25) is 9.59 Å². The fraction of sp³-hybridized carbons (Fsp3) is 0.926. The molecule has 0 saturated heterocycles. The lowest BCUT2D eigenvalue weighted by Gasteiger charge is -2.59. The molecule has 0 unspecified atom stereocenters. The van der Waals surface area contributed by atoms with Crippen molar-refractivity contribution in [2.45, 2.75) is 105 Å². The maximum atomic E-state index is 13.2. The van der Waals surface area contributed by atoms with Crippen molar-refractivity contribution >= 4 is 11.6 Å². The summed E-state index contributed by atoms with van der Waals surface area (Å²) in [5, 5.41) is 11.2. The Balaban J connectivity index is 1.55. The third kappa shape index (κ3) is 3.51. The van der Waals surface area contributed by atoms with Gasteiger partial charge in [0.2, 0.25) is 0 Å². The summed E-state index contributed by atoms with van der Waals surface area (Å²) in [4.78, 5) is 25.3. The first-order valence-corrected chi connectivity index (χ1v) is 12.8. The van der Waals surface area contributed by atoms with Crippen molar-refractivity contribution in [3.05, 3.63) is 0 Å². The summed E-state index contributed by atoms with van der Waals surface area (Å²) in [7, 11) is 0. The fourth-order valence-corrected chi connectivity index (χ4v) is 8.95. The quantitative estimate of drug-likeness (QED) is 0.614. The second-order valence-electron chi connectivity index (χ2n) is 12.5. The highest BCUT2D eigenvalue weighted by Gasteiger charge is 2.64. The maximum Gasteiger partial charge on any atom is 0.137 e. The van der Waals surface area contributed by atoms with Gasteiger partial charge in [0, 0.05) is 25.2 Å². The first kappa shape index (κ1) is 22.5. The zero-order chi connectivity index (χ0) is 21.8. The summed E-state index contributed by atoms with van der Waals surface area (Å²) in [6.45, 7) is 11.7. The summed E-state index contributed by atoms with van der Waals surface area (Å²) >= 11 is 0. The number of fused-ring (bicyclic) bond motifs is 5. The second kappa shape index (κ2) is 8.01. The Hall–Kier alpha value is -0.700. The predicted molar refractivity (Wildman–Crippen MR) is 120 cm³/mol. The number of aliphatic hydroxyl groups excluding tert-OH is 1. The van der Waals surface area contributed by atoms with Gasteiger partial charge in [0.25, 0.3) is 0 Å². The van der Waals surface area contributed by atoms with Crippen LogP contribution >= 0.6 is 0 Å². The zero-order valence-corrected chi connectivity index (χ0v) is 20.0. The number of aliphatic hydroxyl groups is 1. The van der Waals surface area contributed by atoms with Gasteiger partial charge < -0.3 is 5.11 Å². The number of hydrogen-bond acceptors (Lipinski definition) is 3. The molecule has 4 fully saturated rings. The minimum Gasteiger partial charge on any atom is -0.393 e. The molecule has 3 nitrogen and oxygen atoms in total. The number of hydrogen-bond donors (Lipinski definition) is 1. The van der Waals surface area contributed by atoms with Crippen molar-refractivity contribution in [2.75, 3.05) is 0 Å². The highest BCUT2D eigenvalue weighted by atomic mass is 16.3. The van der Waals surface area contributed by atoms with E-state index < -0.39 is 0 Å². The zero-order valence-electron chi connectivity index (χ0n) is 20.0. The Kier molecular flexibility index (Phi) is 6.01. The van der Waals surface area contributed by atoms with Crippen LogP contribution in [0.2, 0.25) is 0 Å². The maximum absolute atomic E-state index is 13.2. The molecule has 9 atom stereocenters. The highest BCUT2D eigenvalue weighted by Crippen LogP contribution is 2.67.